The second-order valence-electron chi connectivity index (χ2n) is 6.64. The van der Waals surface area contributed by atoms with Crippen molar-refractivity contribution in [3.63, 3.8) is 0 Å². The lowest BCUT2D eigenvalue weighted by atomic mass is 9.82. The van der Waals surface area contributed by atoms with Crippen LogP contribution >= 0.6 is 0 Å². The van der Waals surface area contributed by atoms with Gasteiger partial charge >= 0.3 is 0 Å². The van der Waals surface area contributed by atoms with Crippen molar-refractivity contribution in [2.45, 2.75) is 56.8 Å². The molecule has 0 spiro atoms. The summed E-state index contributed by atoms with van der Waals surface area (Å²) in [7, 11) is -3.00. The first-order valence-corrected chi connectivity index (χ1v) is 9.71. The lowest BCUT2D eigenvalue weighted by Gasteiger charge is -2.31. The normalized spacial score (nSPS) is 25.0. The Labute approximate surface area is 128 Å². The maximum absolute atomic E-state index is 11.7. The molecule has 1 aliphatic rings. The summed E-state index contributed by atoms with van der Waals surface area (Å²) >= 11 is 0. The van der Waals surface area contributed by atoms with E-state index in [1.165, 1.54) is 11.8 Å². The molecule has 1 saturated carbocycles. The summed E-state index contributed by atoms with van der Waals surface area (Å²) in [5, 5.41) is 10.3. The minimum Gasteiger partial charge on any atom is -0.388 e. The topological polar surface area (TPSA) is 54.4 Å². The first-order valence-electron chi connectivity index (χ1n) is 7.76. The molecule has 0 aliphatic heterocycles. The van der Waals surface area contributed by atoms with E-state index in [1.54, 1.807) is 0 Å². The quantitative estimate of drug-likeness (QED) is 0.926. The van der Waals surface area contributed by atoms with Crippen molar-refractivity contribution in [3.05, 3.63) is 35.4 Å². The highest BCUT2D eigenvalue weighted by atomic mass is 32.2. The molecule has 1 fully saturated rings. The highest BCUT2D eigenvalue weighted by Gasteiger charge is 2.32. The lowest BCUT2D eigenvalue weighted by molar-refractivity contribution is 0.0857. The minimum atomic E-state index is -3.00. The number of rotatable bonds is 4. The van der Waals surface area contributed by atoms with Crippen molar-refractivity contribution in [2.24, 2.45) is 5.92 Å². The van der Waals surface area contributed by atoms with Gasteiger partial charge in [-0.2, -0.15) is 0 Å². The zero-order chi connectivity index (χ0) is 15.6. The number of hydrogen-bond acceptors (Lipinski definition) is 3. The number of benzene rings is 1. The van der Waals surface area contributed by atoms with Crippen LogP contribution in [0.5, 0.6) is 0 Å². The third-order valence-corrected chi connectivity index (χ3v) is 6.30. The molecule has 21 heavy (non-hydrogen) atoms. The molecule has 2 rings (SSSR count). The van der Waals surface area contributed by atoms with E-state index >= 15 is 0 Å². The van der Waals surface area contributed by atoms with Crippen molar-refractivity contribution in [2.75, 3.05) is 6.26 Å². The smallest absolute Gasteiger partial charge is 0.150 e. The van der Waals surface area contributed by atoms with Crippen LogP contribution in [0.2, 0.25) is 0 Å². The van der Waals surface area contributed by atoms with Gasteiger partial charge in [0.15, 0.2) is 0 Å². The summed E-state index contributed by atoms with van der Waals surface area (Å²) in [5.41, 5.74) is 2.15. The summed E-state index contributed by atoms with van der Waals surface area (Å²) in [4.78, 5) is 0. The molecule has 4 heteroatoms. The average Bonchev–Trinajstić information content (AvgIpc) is 2.46. The minimum absolute atomic E-state index is 0.0448. The standard InChI is InChI=1S/C17H26O3S/c1-12(2)13-7-9-14(10-8-13)17(18)15-5-4-6-16(11-15)21(3,19)20/h7-10,12,15-18H,4-6,11H2,1-3H3. The van der Waals surface area contributed by atoms with Crippen LogP contribution < -0.4 is 0 Å². The van der Waals surface area contributed by atoms with Gasteiger partial charge in [-0.3, -0.25) is 0 Å². The van der Waals surface area contributed by atoms with Gasteiger partial charge in [0.1, 0.15) is 9.84 Å². The van der Waals surface area contributed by atoms with Gasteiger partial charge in [-0.25, -0.2) is 8.42 Å². The predicted molar refractivity (Wildman–Crippen MR) is 86.1 cm³/mol. The molecule has 0 saturated heterocycles. The largest absolute Gasteiger partial charge is 0.388 e. The molecule has 0 amide bonds. The van der Waals surface area contributed by atoms with Crippen molar-refractivity contribution in [1.29, 1.82) is 0 Å². The van der Waals surface area contributed by atoms with Gasteiger partial charge < -0.3 is 5.11 Å². The van der Waals surface area contributed by atoms with Crippen LogP contribution in [0.15, 0.2) is 24.3 Å². The van der Waals surface area contributed by atoms with Gasteiger partial charge in [-0.1, -0.05) is 44.5 Å². The molecule has 0 radical (unpaired) electrons. The van der Waals surface area contributed by atoms with Crippen LogP contribution in [0, 0.1) is 5.92 Å². The Morgan fingerprint density at radius 1 is 1.10 bits per heavy atom. The molecule has 1 aliphatic carbocycles. The zero-order valence-corrected chi connectivity index (χ0v) is 13.9. The molecule has 0 aromatic heterocycles. The SMILES string of the molecule is CC(C)c1ccc(C(O)C2CCCC(S(C)(=O)=O)C2)cc1. The van der Waals surface area contributed by atoms with Crippen LogP contribution in [0.3, 0.4) is 0 Å². The molecule has 1 aromatic rings. The van der Waals surface area contributed by atoms with Gasteiger partial charge in [0.05, 0.1) is 11.4 Å². The van der Waals surface area contributed by atoms with Gasteiger partial charge in [0, 0.05) is 6.26 Å². The Hall–Kier alpha value is -0.870. The molecule has 0 heterocycles. The van der Waals surface area contributed by atoms with E-state index in [4.69, 9.17) is 0 Å². The summed E-state index contributed by atoms with van der Waals surface area (Å²) in [6, 6.07) is 8.06. The summed E-state index contributed by atoms with van der Waals surface area (Å²) in [5.74, 6) is 0.517. The van der Waals surface area contributed by atoms with Crippen molar-refractivity contribution >= 4 is 9.84 Å². The van der Waals surface area contributed by atoms with Crippen LogP contribution in [-0.4, -0.2) is 25.0 Å². The second-order valence-corrected chi connectivity index (χ2v) is 8.97. The molecule has 118 valence electrons. The Kier molecular flexibility index (Phi) is 5.10. The monoisotopic (exact) mass is 310 g/mol. The Balaban J connectivity index is 2.10. The van der Waals surface area contributed by atoms with Crippen LogP contribution in [-0.2, 0) is 9.84 Å². The summed E-state index contributed by atoms with van der Waals surface area (Å²) < 4.78 is 23.5. The van der Waals surface area contributed by atoms with E-state index in [0.29, 0.717) is 12.3 Å². The summed E-state index contributed by atoms with van der Waals surface area (Å²) in [6.45, 7) is 4.28. The number of aliphatic hydroxyl groups is 1. The van der Waals surface area contributed by atoms with Gasteiger partial charge in [-0.05, 0) is 42.2 Å². The van der Waals surface area contributed by atoms with Crippen molar-refractivity contribution in [3.8, 4) is 0 Å². The Morgan fingerprint density at radius 3 is 2.19 bits per heavy atom. The molecule has 0 bridgehead atoms. The highest BCUT2D eigenvalue weighted by Crippen LogP contribution is 2.37. The molecule has 3 atom stereocenters. The van der Waals surface area contributed by atoms with Gasteiger partial charge in [0.2, 0.25) is 0 Å². The number of hydrogen-bond donors (Lipinski definition) is 1. The Bertz CT molecular complexity index is 560. The molecule has 1 aromatic carbocycles. The molecule has 1 N–H and O–H groups in total. The lowest BCUT2D eigenvalue weighted by Crippen LogP contribution is -2.30. The average molecular weight is 310 g/mol. The van der Waals surface area contributed by atoms with Crippen molar-refractivity contribution < 1.29 is 13.5 Å². The van der Waals surface area contributed by atoms with Gasteiger partial charge in [0.25, 0.3) is 0 Å². The van der Waals surface area contributed by atoms with E-state index in [-0.39, 0.29) is 11.2 Å². The maximum Gasteiger partial charge on any atom is 0.150 e. The summed E-state index contributed by atoms with van der Waals surface area (Å²) in [6.07, 6.45) is 3.84. The fourth-order valence-electron chi connectivity index (χ4n) is 3.21. The van der Waals surface area contributed by atoms with E-state index in [9.17, 15) is 13.5 Å². The van der Waals surface area contributed by atoms with Crippen molar-refractivity contribution in [1.82, 2.24) is 0 Å². The first-order chi connectivity index (χ1) is 9.79. The maximum atomic E-state index is 11.7. The molecular weight excluding hydrogens is 284 g/mol. The highest BCUT2D eigenvalue weighted by molar-refractivity contribution is 7.91. The van der Waals surface area contributed by atoms with Crippen LogP contribution in [0.25, 0.3) is 0 Å². The molecule has 3 nitrogen and oxygen atoms in total. The Morgan fingerprint density at radius 2 is 1.67 bits per heavy atom. The molecule has 3 unspecified atom stereocenters. The van der Waals surface area contributed by atoms with Crippen LogP contribution in [0.4, 0.5) is 0 Å². The first kappa shape index (κ1) is 16.5. The van der Waals surface area contributed by atoms with E-state index in [0.717, 1.165) is 24.8 Å². The fourth-order valence-corrected chi connectivity index (χ4v) is 4.40. The van der Waals surface area contributed by atoms with E-state index in [2.05, 4.69) is 26.0 Å². The third-order valence-electron chi connectivity index (χ3n) is 4.66. The molecular formula is C17H26O3S. The second kappa shape index (κ2) is 6.49. The fraction of sp³-hybridized carbons (Fsp3) is 0.647. The van der Waals surface area contributed by atoms with Gasteiger partial charge in [-0.15, -0.1) is 0 Å². The van der Waals surface area contributed by atoms with Crippen LogP contribution in [0.1, 0.15) is 62.7 Å². The van der Waals surface area contributed by atoms with E-state index in [1.807, 2.05) is 12.1 Å². The predicted octanol–water partition coefficient (Wildman–Crippen LogP) is 3.45. The number of sulfone groups is 1. The zero-order valence-electron chi connectivity index (χ0n) is 13.1. The third kappa shape index (κ3) is 4.07. The van der Waals surface area contributed by atoms with E-state index < -0.39 is 15.9 Å². The number of aliphatic hydroxyl groups excluding tert-OH is 1.